The van der Waals surface area contributed by atoms with Crippen LogP contribution in [0.4, 0.5) is 4.39 Å². The largest absolute Gasteiger partial charge is 0.359 e. The van der Waals surface area contributed by atoms with Crippen molar-refractivity contribution in [3.05, 3.63) is 52.7 Å². The lowest BCUT2D eigenvalue weighted by molar-refractivity contribution is 0.368. The summed E-state index contributed by atoms with van der Waals surface area (Å²) in [4.78, 5) is 4.14. The molecule has 29 heavy (non-hydrogen) atoms. The van der Waals surface area contributed by atoms with Gasteiger partial charge in [-0.15, -0.1) is 0 Å². The molecule has 0 radical (unpaired) electrons. The number of nitrogens with one attached hydrogen (secondary N) is 2. The molecular formula is C20H29FN4O3S. The van der Waals surface area contributed by atoms with E-state index in [2.05, 4.69) is 34.6 Å². The Hall–Kier alpha value is -2.42. The van der Waals surface area contributed by atoms with Gasteiger partial charge in [0, 0.05) is 31.8 Å². The van der Waals surface area contributed by atoms with E-state index in [4.69, 9.17) is 4.52 Å². The summed E-state index contributed by atoms with van der Waals surface area (Å²) in [6.07, 6.45) is 3.16. The molecule has 0 spiro atoms. The molecule has 1 aromatic carbocycles. The Morgan fingerprint density at radius 2 is 1.86 bits per heavy atom. The van der Waals surface area contributed by atoms with Gasteiger partial charge in [-0.05, 0) is 36.1 Å². The lowest BCUT2D eigenvalue weighted by Crippen LogP contribution is -2.36. The van der Waals surface area contributed by atoms with Crippen molar-refractivity contribution < 1.29 is 17.3 Å². The van der Waals surface area contributed by atoms with Gasteiger partial charge in [-0.2, -0.15) is 0 Å². The second-order valence-electron chi connectivity index (χ2n) is 6.99. The van der Waals surface area contributed by atoms with Crippen molar-refractivity contribution in [1.82, 2.24) is 15.8 Å². The van der Waals surface area contributed by atoms with Crippen LogP contribution < -0.4 is 10.6 Å². The van der Waals surface area contributed by atoms with Crippen LogP contribution in [0.25, 0.3) is 0 Å². The number of guanidine groups is 1. The Balaban J connectivity index is 1.99. The van der Waals surface area contributed by atoms with Crippen molar-refractivity contribution >= 4 is 15.8 Å². The Kier molecular flexibility index (Phi) is 8.19. The number of aliphatic imine (C=N–C) groups is 1. The minimum absolute atomic E-state index is 0.146. The molecule has 0 fully saturated rings. The fourth-order valence-corrected chi connectivity index (χ4v) is 3.91. The Morgan fingerprint density at radius 3 is 2.48 bits per heavy atom. The highest BCUT2D eigenvalue weighted by molar-refractivity contribution is 7.89. The number of hydrogen-bond acceptors (Lipinski definition) is 5. The fraction of sp³-hybridized carbons (Fsp3) is 0.500. The summed E-state index contributed by atoms with van der Waals surface area (Å²) in [7, 11) is -1.61. The molecule has 0 aliphatic carbocycles. The SMILES string of the molecule is CCC(CC)c1cc(CNC(=NC)NCc2cc(F)ccc2CS(C)(=O)=O)on1. The van der Waals surface area contributed by atoms with E-state index in [-0.39, 0.29) is 12.3 Å². The first kappa shape index (κ1) is 22.9. The average molecular weight is 425 g/mol. The molecule has 0 saturated carbocycles. The van der Waals surface area contributed by atoms with E-state index in [1.165, 1.54) is 18.2 Å². The number of sulfone groups is 1. The number of halogens is 1. The quantitative estimate of drug-likeness (QED) is 0.474. The summed E-state index contributed by atoms with van der Waals surface area (Å²) < 4.78 is 42.3. The zero-order valence-electron chi connectivity index (χ0n) is 17.3. The van der Waals surface area contributed by atoms with Crippen LogP contribution in [0.5, 0.6) is 0 Å². The first-order chi connectivity index (χ1) is 13.8. The summed E-state index contributed by atoms with van der Waals surface area (Å²) in [6.45, 7) is 4.87. The monoisotopic (exact) mass is 424 g/mol. The number of hydrogen-bond donors (Lipinski definition) is 2. The van der Waals surface area contributed by atoms with Crippen LogP contribution in [0, 0.1) is 5.82 Å². The molecule has 0 saturated heterocycles. The van der Waals surface area contributed by atoms with Crippen molar-refractivity contribution in [2.24, 2.45) is 4.99 Å². The van der Waals surface area contributed by atoms with E-state index in [0.29, 0.717) is 35.3 Å². The third-order valence-electron chi connectivity index (χ3n) is 4.67. The zero-order chi connectivity index (χ0) is 21.4. The summed E-state index contributed by atoms with van der Waals surface area (Å²) >= 11 is 0. The highest BCUT2D eigenvalue weighted by Crippen LogP contribution is 2.22. The van der Waals surface area contributed by atoms with Crippen molar-refractivity contribution in [1.29, 1.82) is 0 Å². The highest BCUT2D eigenvalue weighted by atomic mass is 32.2. The van der Waals surface area contributed by atoms with Gasteiger partial charge >= 0.3 is 0 Å². The van der Waals surface area contributed by atoms with Gasteiger partial charge in [0.15, 0.2) is 21.6 Å². The number of rotatable bonds is 9. The average Bonchev–Trinajstić information content (AvgIpc) is 3.12. The van der Waals surface area contributed by atoms with Crippen molar-refractivity contribution in [2.45, 2.75) is 51.4 Å². The lowest BCUT2D eigenvalue weighted by Gasteiger charge is -2.13. The van der Waals surface area contributed by atoms with Crippen molar-refractivity contribution in [3.8, 4) is 0 Å². The molecule has 0 aliphatic heterocycles. The maximum Gasteiger partial charge on any atom is 0.191 e. The fourth-order valence-electron chi connectivity index (χ4n) is 3.06. The Labute approximate surface area is 171 Å². The van der Waals surface area contributed by atoms with Crippen LogP contribution in [0.1, 0.15) is 55.2 Å². The predicted molar refractivity (Wildman–Crippen MR) is 112 cm³/mol. The van der Waals surface area contributed by atoms with Crippen molar-refractivity contribution in [2.75, 3.05) is 13.3 Å². The van der Waals surface area contributed by atoms with Crippen LogP contribution >= 0.6 is 0 Å². The van der Waals surface area contributed by atoms with E-state index in [1.807, 2.05) is 6.07 Å². The lowest BCUT2D eigenvalue weighted by atomic mass is 9.99. The smallest absolute Gasteiger partial charge is 0.191 e. The summed E-state index contributed by atoms with van der Waals surface area (Å²) in [5.41, 5.74) is 2.07. The van der Waals surface area contributed by atoms with E-state index in [0.717, 1.165) is 24.8 Å². The molecule has 0 aliphatic rings. The predicted octanol–water partition coefficient (Wildman–Crippen LogP) is 3.13. The number of aromatic nitrogens is 1. The van der Waals surface area contributed by atoms with Gasteiger partial charge in [0.05, 0.1) is 18.0 Å². The summed E-state index contributed by atoms with van der Waals surface area (Å²) in [5.74, 6) is 0.995. The minimum Gasteiger partial charge on any atom is -0.359 e. The molecule has 0 atom stereocenters. The first-order valence-corrected chi connectivity index (χ1v) is 11.7. The van der Waals surface area contributed by atoms with E-state index in [9.17, 15) is 12.8 Å². The molecule has 2 aromatic rings. The van der Waals surface area contributed by atoms with Crippen LogP contribution in [-0.4, -0.2) is 32.8 Å². The first-order valence-electron chi connectivity index (χ1n) is 9.60. The normalized spacial score (nSPS) is 12.4. The van der Waals surface area contributed by atoms with Crippen LogP contribution in [0.15, 0.2) is 33.8 Å². The molecule has 2 rings (SSSR count). The molecule has 0 unspecified atom stereocenters. The summed E-state index contributed by atoms with van der Waals surface area (Å²) in [6, 6.07) is 6.03. The second-order valence-corrected chi connectivity index (χ2v) is 9.13. The maximum absolute atomic E-state index is 13.6. The Bertz CT molecular complexity index is 937. The minimum atomic E-state index is -3.23. The van der Waals surface area contributed by atoms with Crippen LogP contribution in [0.3, 0.4) is 0 Å². The molecule has 1 aromatic heterocycles. The maximum atomic E-state index is 13.6. The summed E-state index contributed by atoms with van der Waals surface area (Å²) in [5, 5.41) is 10.3. The van der Waals surface area contributed by atoms with Crippen molar-refractivity contribution in [3.63, 3.8) is 0 Å². The molecule has 9 heteroatoms. The van der Waals surface area contributed by atoms with Crippen LogP contribution in [-0.2, 0) is 28.7 Å². The van der Waals surface area contributed by atoms with E-state index in [1.54, 1.807) is 7.05 Å². The highest BCUT2D eigenvalue weighted by Gasteiger charge is 2.14. The molecule has 0 bridgehead atoms. The van der Waals surface area contributed by atoms with Gasteiger partial charge in [-0.25, -0.2) is 12.8 Å². The molecule has 160 valence electrons. The molecule has 2 N–H and O–H groups in total. The Morgan fingerprint density at radius 1 is 1.17 bits per heavy atom. The van der Waals surface area contributed by atoms with Crippen LogP contribution in [0.2, 0.25) is 0 Å². The molecular weight excluding hydrogens is 395 g/mol. The van der Waals surface area contributed by atoms with E-state index >= 15 is 0 Å². The third kappa shape index (κ3) is 7.16. The van der Waals surface area contributed by atoms with Gasteiger partial charge in [-0.1, -0.05) is 25.1 Å². The number of nitrogens with zero attached hydrogens (tertiary/aromatic N) is 2. The van der Waals surface area contributed by atoms with Gasteiger partial charge in [0.25, 0.3) is 0 Å². The molecule has 7 nitrogen and oxygen atoms in total. The van der Waals surface area contributed by atoms with Gasteiger partial charge in [0.2, 0.25) is 0 Å². The topological polar surface area (TPSA) is 96.6 Å². The second kappa shape index (κ2) is 10.4. The molecule has 0 amide bonds. The number of benzene rings is 1. The van der Waals surface area contributed by atoms with Gasteiger partial charge in [0.1, 0.15) is 5.82 Å². The van der Waals surface area contributed by atoms with Gasteiger partial charge in [-0.3, -0.25) is 4.99 Å². The zero-order valence-corrected chi connectivity index (χ0v) is 18.1. The standard InChI is InChI=1S/C20H29FN4O3S/c1-5-14(6-2)19-10-18(28-25-19)12-24-20(22-3)23-11-16-9-17(21)8-7-15(16)13-29(4,26)27/h7-10,14H,5-6,11-13H2,1-4H3,(H2,22,23,24). The van der Waals surface area contributed by atoms with Gasteiger partial charge < -0.3 is 15.2 Å². The molecule has 1 heterocycles. The van der Waals surface area contributed by atoms with E-state index < -0.39 is 15.7 Å². The third-order valence-corrected chi connectivity index (χ3v) is 5.50.